The predicted octanol–water partition coefficient (Wildman–Crippen LogP) is -1.98. The summed E-state index contributed by atoms with van der Waals surface area (Å²) in [6, 6.07) is 0. The number of nitrogens with two attached hydrogens (primary N) is 1. The van der Waals surface area contributed by atoms with Crippen LogP contribution in [0.25, 0.3) is 0 Å². The van der Waals surface area contributed by atoms with Gasteiger partial charge in [0.1, 0.15) is 0 Å². The SMILES string of the molecule is NOOC(=O)CC(O)(CC(=O)O)C(=O)O. The van der Waals surface area contributed by atoms with Crippen molar-refractivity contribution in [3.63, 3.8) is 0 Å². The second-order valence-electron chi connectivity index (χ2n) is 2.64. The van der Waals surface area contributed by atoms with Gasteiger partial charge in [-0.2, -0.15) is 5.90 Å². The molecule has 9 nitrogen and oxygen atoms in total. The molecule has 0 rings (SSSR count). The molecule has 9 heteroatoms. The van der Waals surface area contributed by atoms with Gasteiger partial charge in [-0.3, -0.25) is 9.68 Å². The molecule has 0 radical (unpaired) electrons. The average molecular weight is 223 g/mol. The van der Waals surface area contributed by atoms with Crippen molar-refractivity contribution >= 4 is 17.9 Å². The van der Waals surface area contributed by atoms with Crippen molar-refractivity contribution in [3.8, 4) is 0 Å². The van der Waals surface area contributed by atoms with E-state index in [0.717, 1.165) is 0 Å². The molecule has 0 amide bonds. The minimum atomic E-state index is -2.75. The van der Waals surface area contributed by atoms with Crippen LogP contribution in [0, 0.1) is 0 Å². The van der Waals surface area contributed by atoms with Gasteiger partial charge in [0.15, 0.2) is 5.60 Å². The van der Waals surface area contributed by atoms with E-state index in [1.165, 1.54) is 0 Å². The number of aliphatic hydroxyl groups is 1. The van der Waals surface area contributed by atoms with Crippen molar-refractivity contribution < 1.29 is 39.6 Å². The third-order valence-corrected chi connectivity index (χ3v) is 1.42. The summed E-state index contributed by atoms with van der Waals surface area (Å²) < 4.78 is 0. The summed E-state index contributed by atoms with van der Waals surface area (Å²) in [6.07, 6.45) is -2.24. The largest absolute Gasteiger partial charge is 0.481 e. The van der Waals surface area contributed by atoms with Crippen LogP contribution < -0.4 is 5.90 Å². The molecule has 0 aliphatic rings. The number of hydrogen-bond acceptors (Lipinski definition) is 7. The third-order valence-electron chi connectivity index (χ3n) is 1.42. The zero-order valence-electron chi connectivity index (χ0n) is 7.37. The lowest BCUT2D eigenvalue weighted by Gasteiger charge is -2.19. The first-order valence-electron chi connectivity index (χ1n) is 3.55. The first-order valence-corrected chi connectivity index (χ1v) is 3.55. The Morgan fingerprint density at radius 2 is 1.73 bits per heavy atom. The summed E-state index contributed by atoms with van der Waals surface area (Å²) in [5.74, 6) is -0.409. The van der Waals surface area contributed by atoms with Gasteiger partial charge in [0.05, 0.1) is 12.8 Å². The van der Waals surface area contributed by atoms with Crippen LogP contribution in [0.1, 0.15) is 12.8 Å². The van der Waals surface area contributed by atoms with E-state index in [1.54, 1.807) is 0 Å². The standard InChI is InChI=1S/C6H9NO8/c7-15-14-4(10)2-6(13,5(11)12)1-3(8)9/h13H,1-2,7H2,(H,8,9)(H,11,12). The molecule has 15 heavy (non-hydrogen) atoms. The molecule has 0 saturated heterocycles. The van der Waals surface area contributed by atoms with E-state index in [4.69, 9.17) is 10.2 Å². The van der Waals surface area contributed by atoms with Gasteiger partial charge in [-0.1, -0.05) is 4.99 Å². The summed E-state index contributed by atoms with van der Waals surface area (Å²) in [5, 5.41) is 26.1. The van der Waals surface area contributed by atoms with Crippen molar-refractivity contribution in [3.05, 3.63) is 0 Å². The Morgan fingerprint density at radius 1 is 1.20 bits per heavy atom. The highest BCUT2D eigenvalue weighted by molar-refractivity contribution is 5.88. The first-order chi connectivity index (χ1) is 6.81. The van der Waals surface area contributed by atoms with E-state index in [0.29, 0.717) is 0 Å². The lowest BCUT2D eigenvalue weighted by Crippen LogP contribution is -2.43. The van der Waals surface area contributed by atoms with Gasteiger partial charge in [-0.25, -0.2) is 9.59 Å². The molecule has 86 valence electrons. The number of carboxylic acids is 2. The summed E-state index contributed by atoms with van der Waals surface area (Å²) in [5.41, 5.74) is -2.75. The molecule has 0 heterocycles. The number of hydrogen-bond donors (Lipinski definition) is 4. The fourth-order valence-electron chi connectivity index (χ4n) is 0.786. The van der Waals surface area contributed by atoms with Gasteiger partial charge in [0.2, 0.25) is 0 Å². The second kappa shape index (κ2) is 5.24. The van der Waals surface area contributed by atoms with Crippen LogP contribution in [-0.4, -0.2) is 38.8 Å². The predicted molar refractivity (Wildman–Crippen MR) is 40.8 cm³/mol. The zero-order chi connectivity index (χ0) is 12.1. The van der Waals surface area contributed by atoms with Gasteiger partial charge in [0.25, 0.3) is 0 Å². The Labute approximate surface area is 82.9 Å². The molecule has 0 saturated carbocycles. The second-order valence-corrected chi connectivity index (χ2v) is 2.64. The van der Waals surface area contributed by atoms with Gasteiger partial charge in [0, 0.05) is 0 Å². The number of rotatable bonds is 6. The highest BCUT2D eigenvalue weighted by atomic mass is 17.3. The number of carboxylic acid groups (broad SMARTS) is 2. The van der Waals surface area contributed by atoms with Crippen molar-refractivity contribution in [2.75, 3.05) is 0 Å². The van der Waals surface area contributed by atoms with E-state index in [2.05, 4.69) is 15.8 Å². The van der Waals surface area contributed by atoms with Crippen LogP contribution in [0.3, 0.4) is 0 Å². The van der Waals surface area contributed by atoms with Crippen LogP contribution in [0.2, 0.25) is 0 Å². The zero-order valence-corrected chi connectivity index (χ0v) is 7.37. The summed E-state index contributed by atoms with van der Waals surface area (Å²) in [6.45, 7) is 0. The highest BCUT2D eigenvalue weighted by Crippen LogP contribution is 2.16. The van der Waals surface area contributed by atoms with Crippen LogP contribution in [0.15, 0.2) is 0 Å². The Morgan fingerprint density at radius 3 is 2.07 bits per heavy atom. The summed E-state index contributed by atoms with van der Waals surface area (Å²) >= 11 is 0. The van der Waals surface area contributed by atoms with Crippen LogP contribution >= 0.6 is 0 Å². The fraction of sp³-hybridized carbons (Fsp3) is 0.500. The number of carbonyl (C=O) groups excluding carboxylic acids is 1. The van der Waals surface area contributed by atoms with Crippen molar-refractivity contribution in [1.82, 2.24) is 0 Å². The minimum Gasteiger partial charge on any atom is -0.481 e. The van der Waals surface area contributed by atoms with E-state index < -0.39 is 36.4 Å². The van der Waals surface area contributed by atoms with E-state index in [-0.39, 0.29) is 0 Å². The Kier molecular flexibility index (Phi) is 4.64. The van der Waals surface area contributed by atoms with Gasteiger partial charge in [-0.05, 0) is 0 Å². The van der Waals surface area contributed by atoms with Gasteiger partial charge >= 0.3 is 17.9 Å². The van der Waals surface area contributed by atoms with Crippen LogP contribution in [-0.2, 0) is 24.3 Å². The van der Waals surface area contributed by atoms with Crippen LogP contribution in [0.4, 0.5) is 0 Å². The molecule has 0 aliphatic carbocycles. The molecule has 0 aromatic rings. The Bertz CT molecular complexity index is 276. The van der Waals surface area contributed by atoms with E-state index >= 15 is 0 Å². The van der Waals surface area contributed by atoms with Crippen molar-refractivity contribution in [2.24, 2.45) is 5.90 Å². The molecule has 1 unspecified atom stereocenters. The molecule has 0 bridgehead atoms. The summed E-state index contributed by atoms with van der Waals surface area (Å²) in [4.78, 5) is 38.6. The molecule has 0 aromatic carbocycles. The monoisotopic (exact) mass is 223 g/mol. The maximum Gasteiger partial charge on any atom is 0.348 e. The Balaban J connectivity index is 4.58. The van der Waals surface area contributed by atoms with Crippen molar-refractivity contribution in [1.29, 1.82) is 0 Å². The molecule has 5 N–H and O–H groups in total. The molecule has 0 spiro atoms. The number of carbonyl (C=O) groups is 3. The quantitative estimate of drug-likeness (QED) is 0.295. The molecule has 0 aromatic heterocycles. The number of aliphatic carboxylic acids is 2. The maximum absolute atomic E-state index is 10.7. The van der Waals surface area contributed by atoms with E-state index in [1.807, 2.05) is 0 Å². The normalized spacial score (nSPS) is 14.0. The third kappa shape index (κ3) is 4.35. The highest BCUT2D eigenvalue weighted by Gasteiger charge is 2.41. The topological polar surface area (TPSA) is 156 Å². The minimum absolute atomic E-state index is 1.09. The molecule has 0 fully saturated rings. The fourth-order valence-corrected chi connectivity index (χ4v) is 0.786. The summed E-state index contributed by atoms with van der Waals surface area (Å²) in [7, 11) is 0. The lowest BCUT2D eigenvalue weighted by molar-refractivity contribution is -0.278. The smallest absolute Gasteiger partial charge is 0.348 e. The van der Waals surface area contributed by atoms with Gasteiger partial charge < -0.3 is 15.3 Å². The average Bonchev–Trinajstić information content (AvgIpc) is 2.01. The lowest BCUT2D eigenvalue weighted by atomic mass is 9.96. The van der Waals surface area contributed by atoms with Crippen LogP contribution in [0.5, 0.6) is 0 Å². The van der Waals surface area contributed by atoms with Gasteiger partial charge in [-0.15, -0.1) is 0 Å². The maximum atomic E-state index is 10.7. The van der Waals surface area contributed by atoms with E-state index in [9.17, 15) is 19.5 Å². The Hall–Kier alpha value is -1.71. The molecular formula is C6H9NO8. The molecule has 1 atom stereocenters. The molecular weight excluding hydrogens is 214 g/mol. The first kappa shape index (κ1) is 13.3. The van der Waals surface area contributed by atoms with Crippen molar-refractivity contribution in [2.45, 2.75) is 18.4 Å². The molecule has 0 aliphatic heterocycles.